The molecule has 0 aliphatic rings. The average molecular weight is 114 g/mol. The monoisotopic (exact) mass is 114 g/mol. The van der Waals surface area contributed by atoms with Crippen LogP contribution in [0.2, 0.25) is 0 Å². The van der Waals surface area contributed by atoms with E-state index in [0.717, 1.165) is 6.42 Å². The third-order valence-corrected chi connectivity index (χ3v) is 0.535. The molecule has 0 N–H and O–H groups in total. The molecule has 0 aliphatic heterocycles. The number of nitrogens with zero attached hydrogens (tertiary/aromatic N) is 2. The first-order valence-electron chi connectivity index (χ1n) is 2.65. The summed E-state index contributed by atoms with van der Waals surface area (Å²) < 4.78 is 0. The molecule has 0 saturated carbocycles. The van der Waals surface area contributed by atoms with Gasteiger partial charge in [-0.25, -0.2) is 0 Å². The number of rotatable bonds is 2. The van der Waals surface area contributed by atoms with E-state index in [1.807, 2.05) is 6.92 Å². The molecule has 0 rings (SSSR count). The van der Waals surface area contributed by atoms with Crippen LogP contribution < -0.4 is 0 Å². The van der Waals surface area contributed by atoms with Gasteiger partial charge in [0.25, 0.3) is 5.91 Å². The molecule has 3 heteroatoms. The minimum absolute atomic E-state index is 0.224. The van der Waals surface area contributed by atoms with E-state index >= 15 is 0 Å². The molecule has 0 bridgehead atoms. The second-order valence-corrected chi connectivity index (χ2v) is 1.48. The molecule has 0 heterocycles. The summed E-state index contributed by atoms with van der Waals surface area (Å²) in [5, 5.41) is 6.87. The zero-order valence-corrected chi connectivity index (χ0v) is 5.22. The van der Waals surface area contributed by atoms with Crippen molar-refractivity contribution in [2.45, 2.75) is 20.3 Å². The van der Waals surface area contributed by atoms with E-state index < -0.39 is 0 Å². The molecule has 0 aromatic carbocycles. The van der Waals surface area contributed by atoms with E-state index in [9.17, 15) is 4.79 Å². The van der Waals surface area contributed by atoms with E-state index in [1.54, 1.807) is 0 Å². The lowest BCUT2D eigenvalue weighted by Gasteiger charge is -1.79. The highest BCUT2D eigenvalue weighted by Gasteiger charge is 1.80. The molecule has 46 valence electrons. The molecule has 8 heavy (non-hydrogen) atoms. The Morgan fingerprint density at radius 2 is 2.25 bits per heavy atom. The first kappa shape index (κ1) is 7.27. The van der Waals surface area contributed by atoms with Crippen LogP contribution in [0.25, 0.3) is 0 Å². The van der Waals surface area contributed by atoms with Crippen LogP contribution in [0.15, 0.2) is 10.2 Å². The number of hydrogen-bond acceptors (Lipinski definition) is 2. The van der Waals surface area contributed by atoms with Crippen molar-refractivity contribution >= 4 is 5.91 Å². The molecule has 0 fully saturated rings. The van der Waals surface area contributed by atoms with Gasteiger partial charge in [0.1, 0.15) is 0 Å². The molecule has 0 aromatic rings. The summed E-state index contributed by atoms with van der Waals surface area (Å²) >= 11 is 0. The Labute approximate surface area is 48.8 Å². The van der Waals surface area contributed by atoms with Gasteiger partial charge in [-0.2, -0.15) is 5.11 Å². The third-order valence-electron chi connectivity index (χ3n) is 0.535. The van der Waals surface area contributed by atoms with Gasteiger partial charge in [-0.05, 0) is 6.42 Å². The molecule has 0 aliphatic carbocycles. The van der Waals surface area contributed by atoms with Gasteiger partial charge in [-0.1, -0.05) is 6.92 Å². The second kappa shape index (κ2) is 4.43. The Kier molecular flexibility index (Phi) is 4.03. The zero-order chi connectivity index (χ0) is 6.41. The first-order valence-corrected chi connectivity index (χ1v) is 2.65. The summed E-state index contributed by atoms with van der Waals surface area (Å²) in [7, 11) is 0. The van der Waals surface area contributed by atoms with Gasteiger partial charge in [0.05, 0.1) is 6.54 Å². The lowest BCUT2D eigenvalue weighted by Crippen LogP contribution is -1.80. The molecule has 0 saturated heterocycles. The van der Waals surface area contributed by atoms with Crippen molar-refractivity contribution < 1.29 is 4.79 Å². The third kappa shape index (κ3) is 5.27. The van der Waals surface area contributed by atoms with Crippen LogP contribution in [-0.4, -0.2) is 12.5 Å². The maximum absolute atomic E-state index is 10.1. The Bertz CT molecular complexity index is 98.6. The molecule has 0 unspecified atom stereocenters. The normalized spacial score (nSPS) is 10.2. The number of carbonyl (C=O) groups is 1. The number of hydrogen-bond donors (Lipinski definition) is 0. The van der Waals surface area contributed by atoms with Crippen LogP contribution in [0.3, 0.4) is 0 Å². The van der Waals surface area contributed by atoms with E-state index in [2.05, 4.69) is 10.2 Å². The van der Waals surface area contributed by atoms with Crippen LogP contribution in [0, 0.1) is 0 Å². The van der Waals surface area contributed by atoms with Crippen LogP contribution >= 0.6 is 0 Å². The molecule has 0 spiro atoms. The highest BCUT2D eigenvalue weighted by molar-refractivity contribution is 5.73. The van der Waals surface area contributed by atoms with Crippen LogP contribution in [-0.2, 0) is 4.79 Å². The minimum atomic E-state index is -0.224. The molecule has 0 aromatic heterocycles. The van der Waals surface area contributed by atoms with Crippen molar-refractivity contribution in [1.29, 1.82) is 0 Å². The SMILES string of the molecule is CCCN=NC(C)=O. The van der Waals surface area contributed by atoms with Gasteiger partial charge in [0.15, 0.2) is 0 Å². The lowest BCUT2D eigenvalue weighted by molar-refractivity contribution is -0.116. The fraction of sp³-hybridized carbons (Fsp3) is 0.800. The molecule has 1 amide bonds. The molecule has 0 atom stereocenters. The maximum Gasteiger partial charge on any atom is 0.261 e. The summed E-state index contributed by atoms with van der Waals surface area (Å²) in [6.45, 7) is 4.03. The predicted octanol–water partition coefficient (Wildman–Crippen LogP) is 1.40. The summed E-state index contributed by atoms with van der Waals surface area (Å²) in [6, 6.07) is 0. The van der Waals surface area contributed by atoms with Crippen molar-refractivity contribution in [3.8, 4) is 0 Å². The fourth-order valence-electron chi connectivity index (χ4n) is 0.250. The molecule has 3 nitrogen and oxygen atoms in total. The minimum Gasteiger partial charge on any atom is -0.271 e. The topological polar surface area (TPSA) is 41.8 Å². The van der Waals surface area contributed by atoms with Gasteiger partial charge in [-0.3, -0.25) is 4.79 Å². The molecule has 0 radical (unpaired) electrons. The first-order chi connectivity index (χ1) is 3.77. The Morgan fingerprint density at radius 3 is 2.62 bits per heavy atom. The van der Waals surface area contributed by atoms with Crippen molar-refractivity contribution in [3.05, 3.63) is 0 Å². The zero-order valence-electron chi connectivity index (χ0n) is 5.22. The predicted molar refractivity (Wildman–Crippen MR) is 30.7 cm³/mol. The lowest BCUT2D eigenvalue weighted by atomic mass is 10.5. The standard InChI is InChI=1S/C5H10N2O/c1-3-4-6-7-5(2)8/h3-4H2,1-2H3. The van der Waals surface area contributed by atoms with Crippen molar-refractivity contribution in [1.82, 2.24) is 0 Å². The Hall–Kier alpha value is -0.730. The van der Waals surface area contributed by atoms with E-state index in [4.69, 9.17) is 0 Å². The smallest absolute Gasteiger partial charge is 0.261 e. The quantitative estimate of drug-likeness (QED) is 0.500. The number of carbonyl (C=O) groups excluding carboxylic acids is 1. The average Bonchev–Trinajstić information content (AvgIpc) is 1.66. The summed E-state index contributed by atoms with van der Waals surface area (Å²) in [6.07, 6.45) is 0.941. The van der Waals surface area contributed by atoms with E-state index in [-0.39, 0.29) is 5.91 Å². The second-order valence-electron chi connectivity index (χ2n) is 1.48. The van der Waals surface area contributed by atoms with E-state index in [0.29, 0.717) is 6.54 Å². The summed E-state index contributed by atoms with van der Waals surface area (Å²) in [5.74, 6) is -0.224. The summed E-state index contributed by atoms with van der Waals surface area (Å²) in [5.41, 5.74) is 0. The highest BCUT2D eigenvalue weighted by atomic mass is 16.1. The van der Waals surface area contributed by atoms with Crippen LogP contribution in [0.4, 0.5) is 0 Å². The summed E-state index contributed by atoms with van der Waals surface area (Å²) in [4.78, 5) is 10.1. The van der Waals surface area contributed by atoms with Crippen LogP contribution in [0.5, 0.6) is 0 Å². The largest absolute Gasteiger partial charge is 0.271 e. The van der Waals surface area contributed by atoms with Gasteiger partial charge >= 0.3 is 0 Å². The molecular formula is C5H10N2O. The Balaban J connectivity index is 3.20. The molecular weight excluding hydrogens is 104 g/mol. The van der Waals surface area contributed by atoms with Crippen LogP contribution in [0.1, 0.15) is 20.3 Å². The van der Waals surface area contributed by atoms with Crippen molar-refractivity contribution in [2.24, 2.45) is 10.2 Å². The number of amides is 1. The van der Waals surface area contributed by atoms with Gasteiger partial charge in [0, 0.05) is 6.92 Å². The van der Waals surface area contributed by atoms with Crippen molar-refractivity contribution in [3.63, 3.8) is 0 Å². The number of azo groups is 1. The van der Waals surface area contributed by atoms with Gasteiger partial charge in [-0.15, -0.1) is 5.11 Å². The van der Waals surface area contributed by atoms with Crippen molar-refractivity contribution in [2.75, 3.05) is 6.54 Å². The Morgan fingerprint density at radius 1 is 1.62 bits per heavy atom. The fourth-order valence-corrected chi connectivity index (χ4v) is 0.250. The highest BCUT2D eigenvalue weighted by Crippen LogP contribution is 1.80. The maximum atomic E-state index is 10.1. The van der Waals surface area contributed by atoms with E-state index in [1.165, 1.54) is 6.92 Å². The van der Waals surface area contributed by atoms with Gasteiger partial charge in [0.2, 0.25) is 0 Å². The van der Waals surface area contributed by atoms with Gasteiger partial charge < -0.3 is 0 Å².